The highest BCUT2D eigenvalue weighted by Gasteiger charge is 2.33. The zero-order valence-corrected chi connectivity index (χ0v) is 19.5. The second-order valence-electron chi connectivity index (χ2n) is 8.61. The highest BCUT2D eigenvalue weighted by atomic mass is 16.7. The Kier molecular flexibility index (Phi) is 9.59. The maximum atomic E-state index is 12.4. The van der Waals surface area contributed by atoms with Gasteiger partial charge in [-0.15, -0.1) is 0 Å². The van der Waals surface area contributed by atoms with E-state index in [4.69, 9.17) is 19.9 Å². The largest absolute Gasteiger partial charge is 0.513 e. The van der Waals surface area contributed by atoms with Crippen molar-refractivity contribution in [2.45, 2.75) is 38.5 Å². The maximum absolute atomic E-state index is 12.4. The highest BCUT2D eigenvalue weighted by molar-refractivity contribution is 6.01. The van der Waals surface area contributed by atoms with Gasteiger partial charge in [0, 0.05) is 37.4 Å². The number of nitrogens with two attached hydrogens (primary N) is 1. The molecule has 1 aliphatic carbocycles. The Labute approximate surface area is 203 Å². The predicted molar refractivity (Wildman–Crippen MR) is 122 cm³/mol. The van der Waals surface area contributed by atoms with Gasteiger partial charge in [0.25, 0.3) is 0 Å². The Morgan fingerprint density at radius 2 is 1.60 bits per heavy atom. The first kappa shape index (κ1) is 26.1. The van der Waals surface area contributed by atoms with Crippen molar-refractivity contribution in [1.29, 1.82) is 0 Å². The average molecular weight is 490 g/mol. The first-order chi connectivity index (χ1) is 16.8. The summed E-state index contributed by atoms with van der Waals surface area (Å²) in [7, 11) is 0. The van der Waals surface area contributed by atoms with Crippen LogP contribution in [0.4, 0.5) is 4.79 Å². The van der Waals surface area contributed by atoms with Crippen molar-refractivity contribution < 1.29 is 38.2 Å². The molecule has 1 aliphatic heterocycles. The molecule has 1 saturated heterocycles. The van der Waals surface area contributed by atoms with E-state index < -0.39 is 12.1 Å². The van der Waals surface area contributed by atoms with Crippen LogP contribution in [-0.2, 0) is 23.9 Å². The number of carbonyl (C=O) groups excluding carboxylic acids is 5. The zero-order chi connectivity index (χ0) is 25.2. The maximum Gasteiger partial charge on any atom is 0.513 e. The molecule has 0 unspecified atom stereocenters. The lowest BCUT2D eigenvalue weighted by molar-refractivity contribution is -0.139. The first-order valence-electron chi connectivity index (χ1n) is 11.8. The van der Waals surface area contributed by atoms with Gasteiger partial charge in [-0.05, 0) is 55.9 Å². The zero-order valence-electron chi connectivity index (χ0n) is 19.5. The summed E-state index contributed by atoms with van der Waals surface area (Å²) >= 11 is 0. The number of hydrogen-bond acceptors (Lipinski definition) is 8. The van der Waals surface area contributed by atoms with Gasteiger partial charge in [-0.2, -0.15) is 0 Å². The van der Waals surface area contributed by atoms with Gasteiger partial charge in [0.1, 0.15) is 12.4 Å². The standard InChI is InChI=1S/C24H31N3O8/c25-22(30)17-5-7-19(8-6-17)35-24(32)34-14-13-33-12-11-26-23(31)18-3-1-16(2-4-18)15-27-20(28)9-10-21(27)29/h5-8,16,18H,1-4,9-15H2,(H2,25,30)(H,26,31)/t16-,18-. The van der Waals surface area contributed by atoms with Crippen LogP contribution in [0.3, 0.4) is 0 Å². The van der Waals surface area contributed by atoms with Gasteiger partial charge in [-0.25, -0.2) is 4.79 Å². The lowest BCUT2D eigenvalue weighted by Gasteiger charge is -2.30. The van der Waals surface area contributed by atoms with Crippen molar-refractivity contribution in [2.75, 3.05) is 32.9 Å². The third kappa shape index (κ3) is 8.06. The number of carbonyl (C=O) groups is 5. The Morgan fingerprint density at radius 1 is 0.943 bits per heavy atom. The number of imide groups is 1. The fourth-order valence-electron chi connectivity index (χ4n) is 4.18. The number of amides is 4. The van der Waals surface area contributed by atoms with Gasteiger partial charge >= 0.3 is 6.16 Å². The van der Waals surface area contributed by atoms with Gasteiger partial charge in [0.2, 0.25) is 23.6 Å². The Hall–Kier alpha value is -3.47. The van der Waals surface area contributed by atoms with E-state index in [1.165, 1.54) is 29.2 Å². The molecule has 2 aliphatic rings. The molecule has 1 heterocycles. The molecule has 1 aromatic carbocycles. The molecule has 3 rings (SSSR count). The monoisotopic (exact) mass is 489 g/mol. The molecule has 3 N–H and O–H groups in total. The van der Waals surface area contributed by atoms with Crippen LogP contribution in [0.25, 0.3) is 0 Å². The van der Waals surface area contributed by atoms with Crippen molar-refractivity contribution >= 4 is 29.8 Å². The number of nitrogens with zero attached hydrogens (tertiary/aromatic N) is 1. The van der Waals surface area contributed by atoms with Gasteiger partial charge in [-0.3, -0.25) is 24.1 Å². The van der Waals surface area contributed by atoms with Crippen molar-refractivity contribution in [3.05, 3.63) is 29.8 Å². The third-order valence-electron chi connectivity index (χ3n) is 6.15. The number of hydrogen-bond donors (Lipinski definition) is 2. The molecule has 2 fully saturated rings. The Bertz CT molecular complexity index is 909. The van der Waals surface area contributed by atoms with E-state index >= 15 is 0 Å². The van der Waals surface area contributed by atoms with E-state index in [9.17, 15) is 24.0 Å². The van der Waals surface area contributed by atoms with Gasteiger partial charge < -0.3 is 25.3 Å². The molecule has 0 radical (unpaired) electrons. The van der Waals surface area contributed by atoms with Crippen LogP contribution in [-0.4, -0.2) is 67.6 Å². The molecule has 0 atom stereocenters. The highest BCUT2D eigenvalue weighted by Crippen LogP contribution is 2.30. The first-order valence-corrected chi connectivity index (χ1v) is 11.8. The van der Waals surface area contributed by atoms with E-state index in [2.05, 4.69) is 5.32 Å². The molecule has 0 aromatic heterocycles. The minimum atomic E-state index is -0.900. The number of likely N-dealkylation sites (tertiary alicyclic amines) is 1. The minimum Gasteiger partial charge on any atom is -0.432 e. The summed E-state index contributed by atoms with van der Waals surface area (Å²) in [6.45, 7) is 1.21. The number of primary amides is 1. The van der Waals surface area contributed by atoms with Crippen molar-refractivity contribution in [2.24, 2.45) is 17.6 Å². The summed E-state index contributed by atoms with van der Waals surface area (Å²) in [6.07, 6.45) is 2.81. The molecule has 1 saturated carbocycles. The average Bonchev–Trinajstić information content (AvgIpc) is 3.16. The van der Waals surface area contributed by atoms with Crippen LogP contribution in [0, 0.1) is 11.8 Å². The third-order valence-corrected chi connectivity index (χ3v) is 6.15. The smallest absolute Gasteiger partial charge is 0.432 e. The molecule has 35 heavy (non-hydrogen) atoms. The summed E-state index contributed by atoms with van der Waals surface area (Å²) in [4.78, 5) is 59.9. The molecule has 0 spiro atoms. The molecule has 11 heteroatoms. The normalized spacial score (nSPS) is 19.9. The number of benzene rings is 1. The number of nitrogens with one attached hydrogen (secondary N) is 1. The summed E-state index contributed by atoms with van der Waals surface area (Å²) in [5, 5.41) is 2.85. The van der Waals surface area contributed by atoms with Crippen LogP contribution >= 0.6 is 0 Å². The van der Waals surface area contributed by atoms with Crippen LogP contribution in [0.15, 0.2) is 24.3 Å². The summed E-state index contributed by atoms with van der Waals surface area (Å²) in [6, 6.07) is 5.74. The lowest BCUT2D eigenvalue weighted by atomic mass is 9.81. The summed E-state index contributed by atoms with van der Waals surface area (Å²) in [5.41, 5.74) is 5.44. The quantitative estimate of drug-likeness (QED) is 0.205. The van der Waals surface area contributed by atoms with Crippen molar-refractivity contribution in [3.8, 4) is 5.75 Å². The van der Waals surface area contributed by atoms with Crippen LogP contribution in [0.2, 0.25) is 0 Å². The SMILES string of the molecule is NC(=O)c1ccc(OC(=O)OCCOCCNC(=O)[C@H]2CC[C@H](CN3C(=O)CCC3=O)CC2)cc1. The Morgan fingerprint density at radius 3 is 2.23 bits per heavy atom. The second-order valence-corrected chi connectivity index (χ2v) is 8.61. The van der Waals surface area contributed by atoms with Crippen LogP contribution in [0.1, 0.15) is 48.9 Å². The predicted octanol–water partition coefficient (Wildman–Crippen LogP) is 1.39. The summed E-state index contributed by atoms with van der Waals surface area (Å²) < 4.78 is 15.2. The lowest BCUT2D eigenvalue weighted by Crippen LogP contribution is -2.38. The molecule has 1 aromatic rings. The molecule has 0 bridgehead atoms. The van der Waals surface area contributed by atoms with E-state index in [1.807, 2.05) is 0 Å². The molecule has 11 nitrogen and oxygen atoms in total. The van der Waals surface area contributed by atoms with E-state index in [0.717, 1.165) is 25.7 Å². The second kappa shape index (κ2) is 12.8. The van der Waals surface area contributed by atoms with Gasteiger partial charge in [0.05, 0.1) is 13.2 Å². The fourth-order valence-corrected chi connectivity index (χ4v) is 4.18. The Balaban J connectivity index is 1.20. The molecular weight excluding hydrogens is 458 g/mol. The van der Waals surface area contributed by atoms with E-state index in [-0.39, 0.29) is 55.1 Å². The summed E-state index contributed by atoms with van der Waals surface area (Å²) in [5.74, 6) is -0.383. The van der Waals surface area contributed by atoms with Crippen LogP contribution in [0.5, 0.6) is 5.75 Å². The van der Waals surface area contributed by atoms with Crippen molar-refractivity contribution in [3.63, 3.8) is 0 Å². The van der Waals surface area contributed by atoms with Crippen molar-refractivity contribution in [1.82, 2.24) is 10.2 Å². The van der Waals surface area contributed by atoms with Crippen LogP contribution < -0.4 is 15.8 Å². The van der Waals surface area contributed by atoms with Gasteiger partial charge in [-0.1, -0.05) is 0 Å². The number of ether oxygens (including phenoxy) is 3. The molecular formula is C24H31N3O8. The van der Waals surface area contributed by atoms with E-state index in [1.54, 1.807) is 0 Å². The topological polar surface area (TPSA) is 154 Å². The minimum absolute atomic E-state index is 0.0157. The van der Waals surface area contributed by atoms with E-state index in [0.29, 0.717) is 31.5 Å². The fraction of sp³-hybridized carbons (Fsp3) is 0.542. The number of rotatable bonds is 11. The molecule has 190 valence electrons. The molecule has 4 amide bonds. The van der Waals surface area contributed by atoms with Gasteiger partial charge in [0.15, 0.2) is 0 Å².